The topological polar surface area (TPSA) is 78.4 Å². The van der Waals surface area contributed by atoms with Crippen LogP contribution < -0.4 is 10.6 Å². The second-order valence-corrected chi connectivity index (χ2v) is 4.12. The van der Waals surface area contributed by atoms with Crippen molar-refractivity contribution in [1.82, 2.24) is 10.6 Å². The van der Waals surface area contributed by atoms with Crippen LogP contribution in [0.5, 0.6) is 0 Å². The summed E-state index contributed by atoms with van der Waals surface area (Å²) >= 11 is 0. The SMILES string of the molecule is CCNC(=O)C(C)NCc1ccc(C(=O)O)c(F)c1. The van der Waals surface area contributed by atoms with Crippen LogP contribution in [-0.4, -0.2) is 29.6 Å². The van der Waals surface area contributed by atoms with Gasteiger partial charge in [-0.2, -0.15) is 0 Å². The molecule has 3 N–H and O–H groups in total. The average molecular weight is 268 g/mol. The lowest BCUT2D eigenvalue weighted by molar-refractivity contribution is -0.122. The third-order valence-corrected chi connectivity index (χ3v) is 2.62. The fourth-order valence-corrected chi connectivity index (χ4v) is 1.53. The Balaban J connectivity index is 2.61. The Morgan fingerprint density at radius 3 is 2.63 bits per heavy atom. The number of likely N-dealkylation sites (N-methyl/N-ethyl adjacent to an activating group) is 1. The molecular weight excluding hydrogens is 251 g/mol. The van der Waals surface area contributed by atoms with Crippen molar-refractivity contribution >= 4 is 11.9 Å². The fraction of sp³-hybridized carbons (Fsp3) is 0.385. The monoisotopic (exact) mass is 268 g/mol. The van der Waals surface area contributed by atoms with Gasteiger partial charge in [0.05, 0.1) is 11.6 Å². The third-order valence-electron chi connectivity index (χ3n) is 2.62. The maximum atomic E-state index is 13.4. The van der Waals surface area contributed by atoms with Crippen LogP contribution >= 0.6 is 0 Å². The maximum Gasteiger partial charge on any atom is 0.338 e. The largest absolute Gasteiger partial charge is 0.478 e. The minimum absolute atomic E-state index is 0.134. The minimum atomic E-state index is -1.30. The molecule has 6 heteroatoms. The Bertz CT molecular complexity index is 477. The van der Waals surface area contributed by atoms with E-state index in [1.54, 1.807) is 6.92 Å². The molecule has 1 unspecified atom stereocenters. The van der Waals surface area contributed by atoms with Crippen molar-refractivity contribution in [3.05, 3.63) is 35.1 Å². The molecule has 0 fully saturated rings. The summed E-state index contributed by atoms with van der Waals surface area (Å²) in [6, 6.07) is 3.48. The predicted molar refractivity (Wildman–Crippen MR) is 68.3 cm³/mol. The molecule has 1 amide bonds. The van der Waals surface area contributed by atoms with Gasteiger partial charge >= 0.3 is 5.97 Å². The van der Waals surface area contributed by atoms with E-state index in [-0.39, 0.29) is 18.0 Å². The van der Waals surface area contributed by atoms with Crippen LogP contribution in [0.15, 0.2) is 18.2 Å². The fourth-order valence-electron chi connectivity index (χ4n) is 1.53. The summed E-state index contributed by atoms with van der Waals surface area (Å²) in [4.78, 5) is 22.1. The van der Waals surface area contributed by atoms with Crippen LogP contribution in [0, 0.1) is 5.82 Å². The van der Waals surface area contributed by atoms with Gasteiger partial charge in [0.25, 0.3) is 0 Å². The Morgan fingerprint density at radius 2 is 2.11 bits per heavy atom. The van der Waals surface area contributed by atoms with Gasteiger partial charge in [0.15, 0.2) is 0 Å². The molecule has 0 saturated heterocycles. The van der Waals surface area contributed by atoms with Gasteiger partial charge in [0, 0.05) is 13.1 Å². The van der Waals surface area contributed by atoms with Crippen molar-refractivity contribution in [2.45, 2.75) is 26.4 Å². The number of hydrogen-bond donors (Lipinski definition) is 3. The molecule has 1 rings (SSSR count). The number of hydrogen-bond acceptors (Lipinski definition) is 3. The van der Waals surface area contributed by atoms with Crippen molar-refractivity contribution in [1.29, 1.82) is 0 Å². The number of amides is 1. The number of halogens is 1. The first-order valence-electron chi connectivity index (χ1n) is 5.98. The summed E-state index contributed by atoms with van der Waals surface area (Å²) in [5.41, 5.74) is 0.221. The van der Waals surface area contributed by atoms with Crippen molar-refractivity contribution < 1.29 is 19.1 Å². The molecule has 0 spiro atoms. The van der Waals surface area contributed by atoms with Crippen LogP contribution in [0.25, 0.3) is 0 Å². The number of carbonyl (C=O) groups is 2. The number of rotatable bonds is 6. The Labute approximate surface area is 110 Å². The van der Waals surface area contributed by atoms with Gasteiger partial charge in [-0.15, -0.1) is 0 Å². The minimum Gasteiger partial charge on any atom is -0.478 e. The smallest absolute Gasteiger partial charge is 0.338 e. The van der Waals surface area contributed by atoms with Crippen LogP contribution in [0.1, 0.15) is 29.8 Å². The van der Waals surface area contributed by atoms with Gasteiger partial charge in [0.1, 0.15) is 5.82 Å². The van der Waals surface area contributed by atoms with Crippen LogP contribution in [0.4, 0.5) is 4.39 Å². The van der Waals surface area contributed by atoms with E-state index in [2.05, 4.69) is 10.6 Å². The van der Waals surface area contributed by atoms with Gasteiger partial charge in [-0.25, -0.2) is 9.18 Å². The highest BCUT2D eigenvalue weighted by Crippen LogP contribution is 2.10. The highest BCUT2D eigenvalue weighted by atomic mass is 19.1. The first-order valence-corrected chi connectivity index (χ1v) is 5.98. The molecular formula is C13H17FN2O3. The zero-order valence-electron chi connectivity index (χ0n) is 10.9. The molecule has 0 heterocycles. The number of nitrogens with one attached hydrogen (secondary N) is 2. The summed E-state index contributed by atoms with van der Waals surface area (Å²) < 4.78 is 13.4. The average Bonchev–Trinajstić information content (AvgIpc) is 2.35. The van der Waals surface area contributed by atoms with Gasteiger partial charge in [-0.1, -0.05) is 6.07 Å². The first-order chi connectivity index (χ1) is 8.95. The molecule has 0 bridgehead atoms. The molecule has 1 atom stereocenters. The van der Waals surface area contributed by atoms with E-state index < -0.39 is 17.8 Å². The van der Waals surface area contributed by atoms with Gasteiger partial charge < -0.3 is 15.7 Å². The van der Waals surface area contributed by atoms with Crippen LogP contribution in [-0.2, 0) is 11.3 Å². The lowest BCUT2D eigenvalue weighted by Gasteiger charge is -2.13. The predicted octanol–water partition coefficient (Wildman–Crippen LogP) is 1.14. The first kappa shape index (κ1) is 15.1. The van der Waals surface area contributed by atoms with E-state index in [9.17, 15) is 14.0 Å². The highest BCUT2D eigenvalue weighted by Gasteiger charge is 2.13. The quantitative estimate of drug-likeness (QED) is 0.723. The number of carboxylic acids is 1. The lowest BCUT2D eigenvalue weighted by atomic mass is 10.1. The highest BCUT2D eigenvalue weighted by molar-refractivity contribution is 5.87. The zero-order chi connectivity index (χ0) is 14.4. The van der Waals surface area contributed by atoms with E-state index >= 15 is 0 Å². The molecule has 0 aliphatic heterocycles. The summed E-state index contributed by atoms with van der Waals surface area (Å²) in [6.45, 7) is 4.36. The number of carboxylic acid groups (broad SMARTS) is 1. The van der Waals surface area contributed by atoms with Crippen LogP contribution in [0.3, 0.4) is 0 Å². The molecule has 5 nitrogen and oxygen atoms in total. The molecule has 19 heavy (non-hydrogen) atoms. The summed E-state index contributed by atoms with van der Waals surface area (Å²) in [5.74, 6) is -2.21. The zero-order valence-corrected chi connectivity index (χ0v) is 10.9. The van der Waals surface area contributed by atoms with Crippen molar-refractivity contribution in [2.75, 3.05) is 6.54 Å². The summed E-state index contributed by atoms with van der Waals surface area (Å²) in [7, 11) is 0. The standard InChI is InChI=1S/C13H17FN2O3/c1-3-15-12(17)8(2)16-7-9-4-5-10(13(18)19)11(14)6-9/h4-6,8,16H,3,7H2,1-2H3,(H,15,17)(H,18,19). The number of benzene rings is 1. The van der Waals surface area contributed by atoms with Crippen molar-refractivity contribution in [3.63, 3.8) is 0 Å². The van der Waals surface area contributed by atoms with Crippen molar-refractivity contribution in [2.24, 2.45) is 0 Å². The molecule has 104 valence electrons. The van der Waals surface area contributed by atoms with E-state index in [1.807, 2.05) is 6.92 Å². The summed E-state index contributed by atoms with van der Waals surface area (Å²) in [6.07, 6.45) is 0. The van der Waals surface area contributed by atoms with Crippen molar-refractivity contribution in [3.8, 4) is 0 Å². The molecule has 0 aliphatic rings. The molecule has 0 radical (unpaired) electrons. The second-order valence-electron chi connectivity index (χ2n) is 4.12. The Morgan fingerprint density at radius 1 is 1.42 bits per heavy atom. The van der Waals surface area contributed by atoms with E-state index in [1.165, 1.54) is 12.1 Å². The van der Waals surface area contributed by atoms with E-state index in [4.69, 9.17) is 5.11 Å². The van der Waals surface area contributed by atoms with E-state index in [0.29, 0.717) is 12.1 Å². The number of carbonyl (C=O) groups excluding carboxylic acids is 1. The van der Waals surface area contributed by atoms with Gasteiger partial charge in [-0.3, -0.25) is 4.79 Å². The van der Waals surface area contributed by atoms with Gasteiger partial charge in [-0.05, 0) is 31.5 Å². The number of aromatic carboxylic acids is 1. The molecule has 0 aliphatic carbocycles. The normalized spacial score (nSPS) is 11.9. The Hall–Kier alpha value is -1.95. The third kappa shape index (κ3) is 4.33. The van der Waals surface area contributed by atoms with Gasteiger partial charge in [0.2, 0.25) is 5.91 Å². The molecule has 0 aromatic heterocycles. The summed E-state index contributed by atoms with van der Waals surface area (Å²) in [5, 5.41) is 14.3. The molecule has 1 aromatic carbocycles. The second kappa shape index (κ2) is 6.84. The molecule has 0 saturated carbocycles. The van der Waals surface area contributed by atoms with Crippen LogP contribution in [0.2, 0.25) is 0 Å². The lowest BCUT2D eigenvalue weighted by Crippen LogP contribution is -2.41. The molecule has 1 aromatic rings. The Kier molecular flexibility index (Phi) is 5.44. The maximum absolute atomic E-state index is 13.4. The van der Waals surface area contributed by atoms with E-state index in [0.717, 1.165) is 6.07 Å².